The molecule has 0 saturated heterocycles. The quantitative estimate of drug-likeness (QED) is 0.683. The van der Waals surface area contributed by atoms with Crippen molar-refractivity contribution in [2.24, 2.45) is 0 Å². The molecular weight excluding hydrogens is 342 g/mol. The van der Waals surface area contributed by atoms with Crippen molar-refractivity contribution in [3.8, 4) is 10.6 Å². The zero-order valence-corrected chi connectivity index (χ0v) is 14.4. The van der Waals surface area contributed by atoms with Gasteiger partial charge in [-0.25, -0.2) is 0 Å². The molecule has 0 spiro atoms. The van der Waals surface area contributed by atoms with Gasteiger partial charge >= 0.3 is 0 Å². The van der Waals surface area contributed by atoms with Gasteiger partial charge in [0.2, 0.25) is 11.0 Å². The Hall–Kier alpha value is -2.50. The summed E-state index contributed by atoms with van der Waals surface area (Å²) in [7, 11) is 0. The van der Waals surface area contributed by atoms with Gasteiger partial charge in [-0.05, 0) is 24.6 Å². The van der Waals surface area contributed by atoms with E-state index in [1.165, 1.54) is 23.0 Å². The van der Waals surface area contributed by atoms with Crippen LogP contribution >= 0.6 is 22.9 Å². The van der Waals surface area contributed by atoms with E-state index >= 15 is 0 Å². The lowest BCUT2D eigenvalue weighted by atomic mass is 10.2. The van der Waals surface area contributed by atoms with Gasteiger partial charge in [-0.15, -0.1) is 10.2 Å². The van der Waals surface area contributed by atoms with Crippen LogP contribution in [0, 0.1) is 6.92 Å². The van der Waals surface area contributed by atoms with E-state index in [9.17, 15) is 4.79 Å². The molecule has 3 aromatic rings. The van der Waals surface area contributed by atoms with Gasteiger partial charge in [-0.2, -0.15) is 0 Å². The van der Waals surface area contributed by atoms with Crippen molar-refractivity contribution in [3.05, 3.63) is 70.8 Å². The average molecular weight is 356 g/mol. The Labute approximate surface area is 148 Å². The molecule has 2 aromatic carbocycles. The number of rotatable bonds is 4. The maximum atomic E-state index is 12.0. The first-order valence-corrected chi connectivity index (χ1v) is 8.45. The highest BCUT2D eigenvalue weighted by Gasteiger charge is 2.08. The summed E-state index contributed by atoms with van der Waals surface area (Å²) in [6.07, 6.45) is 3.09. The van der Waals surface area contributed by atoms with E-state index in [1.54, 1.807) is 12.1 Å². The normalized spacial score (nSPS) is 10.9. The standard InChI is InChI=1S/C18H14ClN3OS/c1-12-6-8-14(9-7-12)17-21-22-18(24-17)20-16(23)11-10-13-4-2-3-5-15(13)19/h2-11H,1H3,(H,20,22,23)/b11-10+. The third kappa shape index (κ3) is 4.07. The van der Waals surface area contributed by atoms with E-state index in [0.29, 0.717) is 10.2 Å². The predicted molar refractivity (Wildman–Crippen MR) is 99.2 cm³/mol. The van der Waals surface area contributed by atoms with E-state index in [4.69, 9.17) is 11.6 Å². The Morgan fingerprint density at radius 1 is 1.12 bits per heavy atom. The molecular formula is C18H14ClN3OS. The number of carbonyl (C=O) groups is 1. The van der Waals surface area contributed by atoms with Crippen molar-refractivity contribution in [2.75, 3.05) is 5.32 Å². The van der Waals surface area contributed by atoms with E-state index in [-0.39, 0.29) is 5.91 Å². The summed E-state index contributed by atoms with van der Waals surface area (Å²) in [5, 5.41) is 12.6. The molecule has 0 saturated carbocycles. The fraction of sp³-hybridized carbons (Fsp3) is 0.0556. The molecule has 1 amide bonds. The molecule has 1 N–H and O–H groups in total. The number of benzene rings is 2. The summed E-state index contributed by atoms with van der Waals surface area (Å²) in [5.74, 6) is -0.276. The van der Waals surface area contributed by atoms with Crippen LogP contribution in [-0.4, -0.2) is 16.1 Å². The van der Waals surface area contributed by atoms with Crippen molar-refractivity contribution >= 4 is 40.1 Å². The molecule has 24 heavy (non-hydrogen) atoms. The highest BCUT2D eigenvalue weighted by Crippen LogP contribution is 2.26. The average Bonchev–Trinajstić information content (AvgIpc) is 3.03. The number of amides is 1. The second-order valence-corrected chi connectivity index (χ2v) is 6.51. The lowest BCUT2D eigenvalue weighted by molar-refractivity contribution is -0.111. The van der Waals surface area contributed by atoms with Gasteiger partial charge in [-0.1, -0.05) is 71.0 Å². The Kier molecular flexibility index (Phi) is 5.03. The minimum atomic E-state index is -0.276. The highest BCUT2D eigenvalue weighted by molar-refractivity contribution is 7.18. The van der Waals surface area contributed by atoms with Crippen LogP contribution in [0.25, 0.3) is 16.6 Å². The number of nitrogens with one attached hydrogen (secondary N) is 1. The number of hydrogen-bond donors (Lipinski definition) is 1. The first-order chi connectivity index (χ1) is 11.6. The van der Waals surface area contributed by atoms with Crippen LogP contribution in [0.4, 0.5) is 5.13 Å². The van der Waals surface area contributed by atoms with E-state index in [1.807, 2.05) is 49.4 Å². The molecule has 120 valence electrons. The maximum Gasteiger partial charge on any atom is 0.250 e. The van der Waals surface area contributed by atoms with Crippen LogP contribution in [0.2, 0.25) is 5.02 Å². The molecule has 0 aliphatic rings. The summed E-state index contributed by atoms with van der Waals surface area (Å²) in [6, 6.07) is 15.3. The smallest absolute Gasteiger partial charge is 0.250 e. The third-order valence-corrected chi connectivity index (χ3v) is 4.51. The molecule has 0 unspecified atom stereocenters. The lowest BCUT2D eigenvalue weighted by Gasteiger charge is -1.97. The van der Waals surface area contributed by atoms with Crippen molar-refractivity contribution in [1.29, 1.82) is 0 Å². The molecule has 0 aliphatic heterocycles. The SMILES string of the molecule is Cc1ccc(-c2nnc(NC(=O)/C=C/c3ccccc3Cl)s2)cc1. The second-order valence-electron chi connectivity index (χ2n) is 5.12. The van der Waals surface area contributed by atoms with E-state index in [0.717, 1.165) is 16.1 Å². The molecule has 4 nitrogen and oxygen atoms in total. The lowest BCUT2D eigenvalue weighted by Crippen LogP contribution is -2.07. The monoisotopic (exact) mass is 355 g/mol. The molecule has 1 aromatic heterocycles. The molecule has 0 aliphatic carbocycles. The topological polar surface area (TPSA) is 54.9 Å². The van der Waals surface area contributed by atoms with E-state index in [2.05, 4.69) is 15.5 Å². The van der Waals surface area contributed by atoms with Gasteiger partial charge in [0.1, 0.15) is 5.01 Å². The predicted octanol–water partition coefficient (Wildman–Crippen LogP) is 4.82. The molecule has 1 heterocycles. The van der Waals surface area contributed by atoms with Crippen LogP contribution < -0.4 is 5.32 Å². The summed E-state index contributed by atoms with van der Waals surface area (Å²) < 4.78 is 0. The number of nitrogens with zero attached hydrogens (tertiary/aromatic N) is 2. The second kappa shape index (κ2) is 7.38. The summed E-state index contributed by atoms with van der Waals surface area (Å²) in [4.78, 5) is 12.0. The fourth-order valence-corrected chi connectivity index (χ4v) is 2.96. The minimum absolute atomic E-state index is 0.276. The fourth-order valence-electron chi connectivity index (χ4n) is 2.01. The molecule has 0 radical (unpaired) electrons. The molecule has 0 fully saturated rings. The van der Waals surface area contributed by atoms with Crippen LogP contribution in [0.15, 0.2) is 54.6 Å². The van der Waals surface area contributed by atoms with Crippen LogP contribution in [0.5, 0.6) is 0 Å². The van der Waals surface area contributed by atoms with Gasteiger partial charge in [0.25, 0.3) is 0 Å². The van der Waals surface area contributed by atoms with Crippen molar-refractivity contribution in [1.82, 2.24) is 10.2 Å². The number of halogens is 1. The Balaban J connectivity index is 1.67. The molecule has 6 heteroatoms. The van der Waals surface area contributed by atoms with Crippen LogP contribution in [0.3, 0.4) is 0 Å². The zero-order chi connectivity index (χ0) is 16.9. The van der Waals surface area contributed by atoms with E-state index < -0.39 is 0 Å². The van der Waals surface area contributed by atoms with Crippen molar-refractivity contribution in [2.45, 2.75) is 6.92 Å². The minimum Gasteiger partial charge on any atom is -0.297 e. The largest absolute Gasteiger partial charge is 0.297 e. The first kappa shape index (κ1) is 16.4. The van der Waals surface area contributed by atoms with Crippen molar-refractivity contribution < 1.29 is 4.79 Å². The summed E-state index contributed by atoms with van der Waals surface area (Å²) >= 11 is 7.38. The molecule has 0 bridgehead atoms. The highest BCUT2D eigenvalue weighted by atomic mass is 35.5. The summed E-state index contributed by atoms with van der Waals surface area (Å²) in [5.41, 5.74) is 2.94. The van der Waals surface area contributed by atoms with Gasteiger partial charge in [0.15, 0.2) is 0 Å². The number of anilines is 1. The van der Waals surface area contributed by atoms with Crippen LogP contribution in [-0.2, 0) is 4.79 Å². The van der Waals surface area contributed by atoms with Crippen LogP contribution in [0.1, 0.15) is 11.1 Å². The molecule has 0 atom stereocenters. The Morgan fingerprint density at radius 3 is 2.62 bits per heavy atom. The van der Waals surface area contributed by atoms with Crippen molar-refractivity contribution in [3.63, 3.8) is 0 Å². The Morgan fingerprint density at radius 2 is 1.88 bits per heavy atom. The molecule has 3 rings (SSSR count). The summed E-state index contributed by atoms with van der Waals surface area (Å²) in [6.45, 7) is 2.03. The van der Waals surface area contributed by atoms with Gasteiger partial charge in [0, 0.05) is 16.7 Å². The number of hydrogen-bond acceptors (Lipinski definition) is 4. The zero-order valence-electron chi connectivity index (χ0n) is 12.9. The van der Waals surface area contributed by atoms with Gasteiger partial charge in [0.05, 0.1) is 0 Å². The maximum absolute atomic E-state index is 12.0. The van der Waals surface area contributed by atoms with Gasteiger partial charge < -0.3 is 0 Å². The third-order valence-electron chi connectivity index (χ3n) is 3.27. The number of aromatic nitrogens is 2. The Bertz CT molecular complexity index is 887. The number of aryl methyl sites for hydroxylation is 1. The van der Waals surface area contributed by atoms with Gasteiger partial charge in [-0.3, -0.25) is 10.1 Å². The first-order valence-electron chi connectivity index (χ1n) is 7.26. The number of carbonyl (C=O) groups excluding carboxylic acids is 1.